The minimum atomic E-state index is -0.426. The molecule has 2 rings (SSSR count). The molecule has 0 bridgehead atoms. The van der Waals surface area contributed by atoms with Crippen molar-refractivity contribution in [1.82, 2.24) is 9.97 Å². The van der Waals surface area contributed by atoms with Gasteiger partial charge >= 0.3 is 0 Å². The van der Waals surface area contributed by atoms with Gasteiger partial charge in [-0.15, -0.1) is 0 Å². The molecule has 1 amide bonds. The van der Waals surface area contributed by atoms with Crippen LogP contribution in [0.3, 0.4) is 0 Å². The van der Waals surface area contributed by atoms with Crippen LogP contribution in [0.5, 0.6) is 0 Å². The van der Waals surface area contributed by atoms with Crippen LogP contribution in [-0.4, -0.2) is 21.6 Å². The Kier molecular flexibility index (Phi) is 5.51. The number of thioether (sulfide) groups is 1. The molecule has 0 aliphatic carbocycles. The lowest BCUT2D eigenvalue weighted by Gasteiger charge is -2.07. The van der Waals surface area contributed by atoms with E-state index in [-0.39, 0.29) is 11.6 Å². The molecule has 2 aromatic rings. The maximum absolute atomic E-state index is 12.9. The number of carbonyl (C=O) groups excluding carboxylic acids is 1. The molecule has 1 aromatic carbocycles. The normalized spacial score (nSPS) is 10.3. The highest BCUT2D eigenvalue weighted by Gasteiger charge is 2.06. The van der Waals surface area contributed by atoms with Crippen molar-refractivity contribution in [3.63, 3.8) is 0 Å². The van der Waals surface area contributed by atoms with Crippen molar-refractivity contribution >= 4 is 29.0 Å². The third kappa shape index (κ3) is 5.03. The molecule has 1 aromatic heterocycles. The van der Waals surface area contributed by atoms with Crippen molar-refractivity contribution in [3.05, 3.63) is 42.5 Å². The summed E-state index contributed by atoms with van der Waals surface area (Å²) in [5.41, 5.74) is 6.27. The van der Waals surface area contributed by atoms with Crippen LogP contribution in [0.15, 0.2) is 41.8 Å². The van der Waals surface area contributed by atoms with Gasteiger partial charge in [0.05, 0.1) is 11.4 Å². The molecule has 0 saturated carbocycles. The number of aromatic nitrogens is 2. The maximum atomic E-state index is 12.9. The maximum Gasteiger partial charge on any atom is 0.224 e. The molecule has 0 spiro atoms. The minimum absolute atomic E-state index is 0.150. The summed E-state index contributed by atoms with van der Waals surface area (Å²) in [5, 5.41) is 3.36. The van der Waals surface area contributed by atoms with Crippen molar-refractivity contribution in [2.45, 2.75) is 18.0 Å². The summed E-state index contributed by atoms with van der Waals surface area (Å²) in [5.74, 6) is 0.170. The van der Waals surface area contributed by atoms with Gasteiger partial charge in [0, 0.05) is 24.6 Å². The predicted octanol–water partition coefficient (Wildman–Crippen LogP) is 2.71. The zero-order valence-electron chi connectivity index (χ0n) is 11.3. The van der Waals surface area contributed by atoms with Crippen molar-refractivity contribution in [2.75, 3.05) is 16.8 Å². The summed E-state index contributed by atoms with van der Waals surface area (Å²) < 4.78 is 12.9. The molecule has 1 heterocycles. The second kappa shape index (κ2) is 7.58. The first kappa shape index (κ1) is 15.2. The van der Waals surface area contributed by atoms with Crippen LogP contribution in [0.4, 0.5) is 15.8 Å². The van der Waals surface area contributed by atoms with E-state index in [1.165, 1.54) is 30.0 Å². The Morgan fingerprint density at radius 2 is 2.10 bits per heavy atom. The summed E-state index contributed by atoms with van der Waals surface area (Å²) in [6.07, 6.45) is 4.41. The van der Waals surface area contributed by atoms with Gasteiger partial charge in [0.2, 0.25) is 5.91 Å². The molecule has 21 heavy (non-hydrogen) atoms. The number of nitrogens with zero attached hydrogens (tertiary/aromatic N) is 2. The number of hydrogen-bond donors (Lipinski definition) is 2. The van der Waals surface area contributed by atoms with Gasteiger partial charge < -0.3 is 11.1 Å². The smallest absolute Gasteiger partial charge is 0.224 e. The average Bonchev–Trinajstić information content (AvgIpc) is 2.48. The monoisotopic (exact) mass is 306 g/mol. The SMILES string of the molecule is Nc1cc(F)ccc1NC(=O)CCCSc1ncccn1. The van der Waals surface area contributed by atoms with Gasteiger partial charge in [0.25, 0.3) is 0 Å². The molecular formula is C14H15FN4OS. The van der Waals surface area contributed by atoms with Gasteiger partial charge in [-0.3, -0.25) is 4.79 Å². The number of amides is 1. The first-order valence-corrected chi connectivity index (χ1v) is 7.38. The van der Waals surface area contributed by atoms with E-state index in [0.717, 1.165) is 5.75 Å². The molecule has 0 unspecified atom stereocenters. The highest BCUT2D eigenvalue weighted by Crippen LogP contribution is 2.19. The number of benzene rings is 1. The Bertz CT molecular complexity index is 609. The standard InChI is InChI=1S/C14H15FN4OS/c15-10-4-5-12(11(16)9-10)19-13(20)3-1-8-21-14-17-6-2-7-18-14/h2,4-7,9H,1,3,8,16H2,(H,19,20). The van der Waals surface area contributed by atoms with Crippen LogP contribution in [-0.2, 0) is 4.79 Å². The van der Waals surface area contributed by atoms with Gasteiger partial charge in [-0.2, -0.15) is 0 Å². The first-order chi connectivity index (χ1) is 10.1. The Hall–Kier alpha value is -2.15. The highest BCUT2D eigenvalue weighted by atomic mass is 32.2. The zero-order chi connectivity index (χ0) is 15.1. The van der Waals surface area contributed by atoms with Gasteiger partial charge in [0.15, 0.2) is 5.16 Å². The van der Waals surface area contributed by atoms with Gasteiger partial charge in [-0.05, 0) is 30.7 Å². The summed E-state index contributed by atoms with van der Waals surface area (Å²) >= 11 is 1.50. The van der Waals surface area contributed by atoms with Gasteiger partial charge in [0.1, 0.15) is 5.82 Å². The second-order valence-electron chi connectivity index (χ2n) is 4.26. The molecule has 0 atom stereocenters. The lowest BCUT2D eigenvalue weighted by Crippen LogP contribution is -2.13. The van der Waals surface area contributed by atoms with Crippen molar-refractivity contribution in [2.24, 2.45) is 0 Å². The van der Waals surface area contributed by atoms with Crippen LogP contribution in [0.2, 0.25) is 0 Å². The number of nitrogen functional groups attached to an aromatic ring is 1. The van der Waals surface area contributed by atoms with Crippen molar-refractivity contribution in [1.29, 1.82) is 0 Å². The molecule has 0 aliphatic heterocycles. The molecule has 5 nitrogen and oxygen atoms in total. The van der Waals surface area contributed by atoms with Crippen LogP contribution in [0, 0.1) is 5.82 Å². The third-order valence-electron chi connectivity index (χ3n) is 2.61. The quantitative estimate of drug-likeness (QED) is 0.371. The lowest BCUT2D eigenvalue weighted by atomic mass is 10.2. The number of rotatable bonds is 6. The largest absolute Gasteiger partial charge is 0.397 e. The van der Waals surface area contributed by atoms with E-state index in [9.17, 15) is 9.18 Å². The second-order valence-corrected chi connectivity index (χ2v) is 5.33. The van der Waals surface area contributed by atoms with E-state index in [1.54, 1.807) is 18.5 Å². The summed E-state index contributed by atoms with van der Waals surface area (Å²) in [6, 6.07) is 5.65. The molecule has 0 radical (unpaired) electrons. The molecule has 0 saturated heterocycles. The van der Waals surface area contributed by atoms with E-state index in [2.05, 4.69) is 15.3 Å². The van der Waals surface area contributed by atoms with E-state index in [0.29, 0.717) is 23.7 Å². The summed E-state index contributed by atoms with van der Waals surface area (Å²) in [6.45, 7) is 0. The molecular weight excluding hydrogens is 291 g/mol. The summed E-state index contributed by atoms with van der Waals surface area (Å²) in [7, 11) is 0. The fraction of sp³-hybridized carbons (Fsp3) is 0.214. The highest BCUT2D eigenvalue weighted by molar-refractivity contribution is 7.99. The Morgan fingerprint density at radius 1 is 1.33 bits per heavy atom. The predicted molar refractivity (Wildman–Crippen MR) is 81.4 cm³/mol. The number of hydrogen-bond acceptors (Lipinski definition) is 5. The average molecular weight is 306 g/mol. The van der Waals surface area contributed by atoms with Crippen LogP contribution >= 0.6 is 11.8 Å². The fourth-order valence-electron chi connectivity index (χ4n) is 1.62. The van der Waals surface area contributed by atoms with E-state index >= 15 is 0 Å². The zero-order valence-corrected chi connectivity index (χ0v) is 12.1. The van der Waals surface area contributed by atoms with E-state index < -0.39 is 5.82 Å². The number of nitrogens with one attached hydrogen (secondary N) is 1. The fourth-order valence-corrected chi connectivity index (χ4v) is 2.36. The molecule has 3 N–H and O–H groups in total. The van der Waals surface area contributed by atoms with Crippen LogP contribution < -0.4 is 11.1 Å². The van der Waals surface area contributed by atoms with Gasteiger partial charge in [-0.1, -0.05) is 11.8 Å². The van der Waals surface area contributed by atoms with Crippen molar-refractivity contribution in [3.8, 4) is 0 Å². The Balaban J connectivity index is 1.72. The lowest BCUT2D eigenvalue weighted by molar-refractivity contribution is -0.116. The van der Waals surface area contributed by atoms with E-state index in [4.69, 9.17) is 5.73 Å². The molecule has 7 heteroatoms. The molecule has 0 fully saturated rings. The number of nitrogens with two attached hydrogens (primary N) is 1. The molecule has 0 aliphatic rings. The summed E-state index contributed by atoms with van der Waals surface area (Å²) in [4.78, 5) is 19.9. The molecule has 110 valence electrons. The minimum Gasteiger partial charge on any atom is -0.397 e. The Morgan fingerprint density at radius 3 is 2.81 bits per heavy atom. The van der Waals surface area contributed by atoms with Gasteiger partial charge in [-0.25, -0.2) is 14.4 Å². The van der Waals surface area contributed by atoms with Crippen molar-refractivity contribution < 1.29 is 9.18 Å². The number of carbonyl (C=O) groups is 1. The third-order valence-corrected chi connectivity index (χ3v) is 3.57. The number of anilines is 2. The topological polar surface area (TPSA) is 80.9 Å². The van der Waals surface area contributed by atoms with Crippen LogP contribution in [0.1, 0.15) is 12.8 Å². The number of halogens is 1. The van der Waals surface area contributed by atoms with Crippen LogP contribution in [0.25, 0.3) is 0 Å². The first-order valence-electron chi connectivity index (χ1n) is 6.40. The van der Waals surface area contributed by atoms with E-state index in [1.807, 2.05) is 0 Å². The Labute approximate surface area is 126 Å².